The smallest absolute Gasteiger partial charge is 0.123 e. The van der Waals surface area contributed by atoms with Crippen molar-refractivity contribution in [3.8, 4) is 0 Å². The lowest BCUT2D eigenvalue weighted by Gasteiger charge is -2.25. The van der Waals surface area contributed by atoms with Gasteiger partial charge in [-0.25, -0.2) is 4.39 Å². The van der Waals surface area contributed by atoms with E-state index in [1.165, 1.54) is 12.1 Å². The number of halogens is 1. The maximum Gasteiger partial charge on any atom is 0.123 e. The molecule has 0 radical (unpaired) electrons. The Morgan fingerprint density at radius 2 is 2.14 bits per heavy atom. The van der Waals surface area contributed by atoms with Gasteiger partial charge in [0, 0.05) is 0 Å². The van der Waals surface area contributed by atoms with Gasteiger partial charge in [0.05, 0.1) is 5.60 Å². The predicted molar refractivity (Wildman–Crippen MR) is 54.4 cm³/mol. The summed E-state index contributed by atoms with van der Waals surface area (Å²) in [5.41, 5.74) is 5.93. The van der Waals surface area contributed by atoms with Gasteiger partial charge in [0.1, 0.15) is 5.82 Å². The molecule has 0 bridgehead atoms. The van der Waals surface area contributed by atoms with Crippen molar-refractivity contribution in [2.24, 2.45) is 5.73 Å². The topological polar surface area (TPSA) is 46.2 Å². The van der Waals surface area contributed by atoms with Crippen molar-refractivity contribution in [2.75, 3.05) is 6.54 Å². The van der Waals surface area contributed by atoms with Crippen LogP contribution in [0.4, 0.5) is 4.39 Å². The highest BCUT2D eigenvalue weighted by molar-refractivity contribution is 5.31. The number of benzene rings is 1. The fourth-order valence-electron chi connectivity index (χ4n) is 1.65. The molecule has 14 heavy (non-hydrogen) atoms. The van der Waals surface area contributed by atoms with Gasteiger partial charge >= 0.3 is 0 Å². The molecule has 3 heteroatoms. The number of aliphatic hydroxyl groups is 1. The van der Waals surface area contributed by atoms with Gasteiger partial charge in [-0.1, -0.05) is 6.07 Å². The van der Waals surface area contributed by atoms with Crippen LogP contribution in [0, 0.1) is 12.7 Å². The molecule has 3 N–H and O–H groups in total. The molecular weight excluding hydrogens is 181 g/mol. The van der Waals surface area contributed by atoms with Crippen LogP contribution in [-0.2, 0) is 5.60 Å². The van der Waals surface area contributed by atoms with Gasteiger partial charge < -0.3 is 10.8 Å². The van der Waals surface area contributed by atoms with Crippen molar-refractivity contribution < 1.29 is 9.50 Å². The minimum Gasteiger partial charge on any atom is -0.385 e. The highest BCUT2D eigenvalue weighted by Gasteiger charge is 2.23. The molecule has 1 rings (SSSR count). The summed E-state index contributed by atoms with van der Waals surface area (Å²) in [6, 6.07) is 4.38. The highest BCUT2D eigenvalue weighted by atomic mass is 19.1. The third kappa shape index (κ3) is 2.30. The van der Waals surface area contributed by atoms with E-state index in [4.69, 9.17) is 5.73 Å². The molecule has 1 aromatic rings. The van der Waals surface area contributed by atoms with Crippen LogP contribution in [0.5, 0.6) is 0 Å². The molecule has 0 spiro atoms. The number of hydrogen-bond donors (Lipinski definition) is 2. The lowest BCUT2D eigenvalue weighted by Crippen LogP contribution is -2.26. The summed E-state index contributed by atoms with van der Waals surface area (Å²) in [7, 11) is 0. The average Bonchev–Trinajstić information content (AvgIpc) is 2.02. The van der Waals surface area contributed by atoms with E-state index in [1.54, 1.807) is 19.9 Å². The zero-order valence-corrected chi connectivity index (χ0v) is 8.55. The maximum atomic E-state index is 12.8. The standard InChI is InChI=1S/C11H16FNO/c1-8-7-9(12)3-4-10(8)11(2,14)5-6-13/h3-4,7,14H,5-6,13H2,1-2H3. The third-order valence-electron chi connectivity index (χ3n) is 2.40. The summed E-state index contributed by atoms with van der Waals surface area (Å²) in [4.78, 5) is 0. The second-order valence-electron chi connectivity index (χ2n) is 3.77. The van der Waals surface area contributed by atoms with Crippen LogP contribution < -0.4 is 5.73 Å². The Hall–Kier alpha value is -0.930. The van der Waals surface area contributed by atoms with Crippen LogP contribution in [0.3, 0.4) is 0 Å². The normalized spacial score (nSPS) is 15.2. The van der Waals surface area contributed by atoms with Gasteiger partial charge in [-0.3, -0.25) is 0 Å². The first-order chi connectivity index (χ1) is 6.47. The summed E-state index contributed by atoms with van der Waals surface area (Å²) in [5, 5.41) is 10.1. The van der Waals surface area contributed by atoms with Crippen molar-refractivity contribution in [3.05, 3.63) is 35.1 Å². The maximum absolute atomic E-state index is 12.8. The minimum atomic E-state index is -0.966. The van der Waals surface area contributed by atoms with E-state index in [2.05, 4.69) is 0 Å². The molecule has 0 aliphatic heterocycles. The second-order valence-corrected chi connectivity index (χ2v) is 3.77. The molecule has 0 heterocycles. The summed E-state index contributed by atoms with van der Waals surface area (Å²) < 4.78 is 12.8. The van der Waals surface area contributed by atoms with Gasteiger partial charge in [0.15, 0.2) is 0 Å². The van der Waals surface area contributed by atoms with Crippen LogP contribution in [0.25, 0.3) is 0 Å². The fourth-order valence-corrected chi connectivity index (χ4v) is 1.65. The Kier molecular flexibility index (Phi) is 3.24. The van der Waals surface area contributed by atoms with Crippen molar-refractivity contribution in [3.63, 3.8) is 0 Å². The molecule has 78 valence electrons. The number of hydrogen-bond acceptors (Lipinski definition) is 2. The average molecular weight is 197 g/mol. The van der Waals surface area contributed by atoms with Gasteiger partial charge in [0.25, 0.3) is 0 Å². The monoisotopic (exact) mass is 197 g/mol. The van der Waals surface area contributed by atoms with Gasteiger partial charge in [-0.05, 0) is 50.1 Å². The molecule has 0 amide bonds. The molecule has 2 nitrogen and oxygen atoms in total. The Morgan fingerprint density at radius 1 is 1.50 bits per heavy atom. The molecule has 0 fully saturated rings. The van der Waals surface area contributed by atoms with Gasteiger partial charge in [-0.15, -0.1) is 0 Å². The number of aryl methyl sites for hydroxylation is 1. The van der Waals surface area contributed by atoms with E-state index in [1.807, 2.05) is 0 Å². The van der Waals surface area contributed by atoms with Crippen molar-refractivity contribution in [1.29, 1.82) is 0 Å². The molecule has 1 atom stereocenters. The van der Waals surface area contributed by atoms with E-state index >= 15 is 0 Å². The Bertz CT molecular complexity index is 323. The highest BCUT2D eigenvalue weighted by Crippen LogP contribution is 2.27. The van der Waals surface area contributed by atoms with Gasteiger partial charge in [-0.2, -0.15) is 0 Å². The van der Waals surface area contributed by atoms with Crippen molar-refractivity contribution >= 4 is 0 Å². The van der Waals surface area contributed by atoms with E-state index in [9.17, 15) is 9.50 Å². The Balaban J connectivity index is 3.06. The Labute approximate surface area is 83.6 Å². The molecule has 0 aromatic heterocycles. The zero-order chi connectivity index (χ0) is 10.8. The van der Waals surface area contributed by atoms with E-state index in [0.717, 1.165) is 11.1 Å². The molecule has 0 aliphatic rings. The van der Waals surface area contributed by atoms with E-state index < -0.39 is 5.60 Å². The lowest BCUT2D eigenvalue weighted by atomic mass is 9.89. The summed E-state index contributed by atoms with van der Waals surface area (Å²) in [6.45, 7) is 3.88. The first-order valence-corrected chi connectivity index (χ1v) is 4.66. The third-order valence-corrected chi connectivity index (χ3v) is 2.40. The number of rotatable bonds is 3. The predicted octanol–water partition coefficient (Wildman–Crippen LogP) is 1.69. The molecule has 0 saturated heterocycles. The van der Waals surface area contributed by atoms with E-state index in [0.29, 0.717) is 13.0 Å². The van der Waals surface area contributed by atoms with Gasteiger partial charge in [0.2, 0.25) is 0 Å². The van der Waals surface area contributed by atoms with Crippen molar-refractivity contribution in [1.82, 2.24) is 0 Å². The van der Waals surface area contributed by atoms with Crippen LogP contribution in [0.2, 0.25) is 0 Å². The zero-order valence-electron chi connectivity index (χ0n) is 8.55. The SMILES string of the molecule is Cc1cc(F)ccc1C(C)(O)CCN. The van der Waals surface area contributed by atoms with Crippen LogP contribution in [0.15, 0.2) is 18.2 Å². The first-order valence-electron chi connectivity index (χ1n) is 4.66. The molecular formula is C11H16FNO. The summed E-state index contributed by atoms with van der Waals surface area (Å²) in [6.07, 6.45) is 0.472. The van der Waals surface area contributed by atoms with Crippen LogP contribution in [0.1, 0.15) is 24.5 Å². The Morgan fingerprint density at radius 3 is 2.64 bits per heavy atom. The summed E-state index contributed by atoms with van der Waals surface area (Å²) in [5.74, 6) is -0.283. The van der Waals surface area contributed by atoms with Crippen LogP contribution in [-0.4, -0.2) is 11.7 Å². The molecule has 1 unspecified atom stereocenters. The van der Waals surface area contributed by atoms with Crippen molar-refractivity contribution in [2.45, 2.75) is 25.9 Å². The molecule has 0 aliphatic carbocycles. The first kappa shape index (κ1) is 11.1. The fraction of sp³-hybridized carbons (Fsp3) is 0.455. The largest absolute Gasteiger partial charge is 0.385 e. The lowest BCUT2D eigenvalue weighted by molar-refractivity contribution is 0.0497. The second kappa shape index (κ2) is 4.07. The molecule has 0 saturated carbocycles. The quantitative estimate of drug-likeness (QED) is 0.774. The summed E-state index contributed by atoms with van der Waals surface area (Å²) >= 11 is 0. The number of nitrogens with two attached hydrogens (primary N) is 1. The van der Waals surface area contributed by atoms with Crippen LogP contribution >= 0.6 is 0 Å². The van der Waals surface area contributed by atoms with E-state index in [-0.39, 0.29) is 5.82 Å². The molecule has 1 aromatic carbocycles. The minimum absolute atomic E-state index is 0.283.